The van der Waals surface area contributed by atoms with Crippen LogP contribution in [0.5, 0.6) is 0 Å². The summed E-state index contributed by atoms with van der Waals surface area (Å²) in [5, 5.41) is 5.14. The summed E-state index contributed by atoms with van der Waals surface area (Å²) in [4.78, 5) is 16.9. The average molecular weight is 329 g/mol. The minimum atomic E-state index is 0.117. The van der Waals surface area contributed by atoms with E-state index in [1.54, 1.807) is 10.9 Å². The minimum absolute atomic E-state index is 0.117. The molecule has 5 nitrogen and oxygen atoms in total. The molecule has 1 aromatic heterocycles. The van der Waals surface area contributed by atoms with Crippen molar-refractivity contribution in [2.24, 2.45) is 7.05 Å². The van der Waals surface area contributed by atoms with E-state index in [9.17, 15) is 4.79 Å². The molecule has 1 amide bonds. The van der Waals surface area contributed by atoms with Crippen LogP contribution < -0.4 is 0 Å². The molecule has 0 unspecified atom stereocenters. The summed E-state index contributed by atoms with van der Waals surface area (Å²) in [6, 6.07) is 0. The third-order valence-electron chi connectivity index (χ3n) is 3.74. The van der Waals surface area contributed by atoms with Gasteiger partial charge in [-0.3, -0.25) is 9.48 Å². The van der Waals surface area contributed by atoms with Crippen molar-refractivity contribution >= 4 is 21.8 Å². The molecular formula is C13H21BrN4O. The molecule has 6 heteroatoms. The van der Waals surface area contributed by atoms with Crippen LogP contribution in [0.3, 0.4) is 0 Å². The van der Waals surface area contributed by atoms with Crippen LogP contribution in [-0.2, 0) is 7.05 Å². The number of carbonyl (C=O) groups excluding carboxylic acids is 1. The second-order valence-corrected chi connectivity index (χ2v) is 5.74. The molecule has 1 fully saturated rings. The highest BCUT2D eigenvalue weighted by Gasteiger charge is 2.22. The summed E-state index contributed by atoms with van der Waals surface area (Å²) >= 11 is 3.47. The van der Waals surface area contributed by atoms with Crippen molar-refractivity contribution in [2.75, 3.05) is 38.1 Å². The fourth-order valence-corrected chi connectivity index (χ4v) is 2.90. The summed E-state index contributed by atoms with van der Waals surface area (Å²) in [5.74, 6) is 0.117. The lowest BCUT2D eigenvalue weighted by Gasteiger charge is -2.21. The van der Waals surface area contributed by atoms with Crippen LogP contribution in [-0.4, -0.2) is 63.5 Å². The first-order valence-electron chi connectivity index (χ1n) is 6.69. The zero-order chi connectivity index (χ0) is 13.8. The van der Waals surface area contributed by atoms with Gasteiger partial charge in [0.2, 0.25) is 0 Å². The largest absolute Gasteiger partial charge is 0.337 e. The highest BCUT2D eigenvalue weighted by molar-refractivity contribution is 9.09. The minimum Gasteiger partial charge on any atom is -0.337 e. The molecule has 19 heavy (non-hydrogen) atoms. The third-order valence-corrected chi connectivity index (χ3v) is 4.10. The SMILES string of the molecule is Cc1c(C(=O)N2CCCN(CCBr)CC2)cnn1C. The van der Waals surface area contributed by atoms with Crippen molar-refractivity contribution in [1.82, 2.24) is 19.6 Å². The normalized spacial score (nSPS) is 17.5. The van der Waals surface area contributed by atoms with E-state index >= 15 is 0 Å². The van der Waals surface area contributed by atoms with Crippen molar-refractivity contribution in [3.05, 3.63) is 17.5 Å². The monoisotopic (exact) mass is 328 g/mol. The average Bonchev–Trinajstić information content (AvgIpc) is 2.62. The van der Waals surface area contributed by atoms with Gasteiger partial charge < -0.3 is 9.80 Å². The lowest BCUT2D eigenvalue weighted by atomic mass is 10.2. The summed E-state index contributed by atoms with van der Waals surface area (Å²) in [7, 11) is 1.87. The van der Waals surface area contributed by atoms with E-state index in [4.69, 9.17) is 0 Å². The van der Waals surface area contributed by atoms with E-state index in [2.05, 4.69) is 25.9 Å². The summed E-state index contributed by atoms with van der Waals surface area (Å²) in [6.07, 6.45) is 2.72. The van der Waals surface area contributed by atoms with E-state index in [1.165, 1.54) is 0 Å². The maximum atomic E-state index is 12.5. The van der Waals surface area contributed by atoms with Crippen molar-refractivity contribution in [2.45, 2.75) is 13.3 Å². The maximum absolute atomic E-state index is 12.5. The van der Waals surface area contributed by atoms with Crippen LogP contribution in [0.1, 0.15) is 22.5 Å². The van der Waals surface area contributed by atoms with Crippen LogP contribution in [0.25, 0.3) is 0 Å². The van der Waals surface area contributed by atoms with E-state index < -0.39 is 0 Å². The molecule has 0 radical (unpaired) electrons. The molecule has 1 saturated heterocycles. The molecule has 1 aromatic rings. The molecule has 1 aliphatic heterocycles. The molecular weight excluding hydrogens is 308 g/mol. The second-order valence-electron chi connectivity index (χ2n) is 4.94. The van der Waals surface area contributed by atoms with E-state index in [-0.39, 0.29) is 5.91 Å². The number of carbonyl (C=O) groups is 1. The van der Waals surface area contributed by atoms with Gasteiger partial charge in [0, 0.05) is 44.3 Å². The van der Waals surface area contributed by atoms with E-state index in [0.717, 1.165) is 55.7 Å². The topological polar surface area (TPSA) is 41.4 Å². The fourth-order valence-electron chi connectivity index (χ4n) is 2.40. The Labute approximate surface area is 122 Å². The zero-order valence-electron chi connectivity index (χ0n) is 11.6. The van der Waals surface area contributed by atoms with Gasteiger partial charge in [-0.2, -0.15) is 5.10 Å². The number of amides is 1. The number of hydrogen-bond acceptors (Lipinski definition) is 3. The molecule has 0 atom stereocenters. The van der Waals surface area contributed by atoms with Crippen LogP contribution in [0, 0.1) is 6.92 Å². The molecule has 106 valence electrons. The lowest BCUT2D eigenvalue weighted by Crippen LogP contribution is -2.35. The van der Waals surface area contributed by atoms with Crippen LogP contribution >= 0.6 is 15.9 Å². The van der Waals surface area contributed by atoms with Crippen molar-refractivity contribution in [1.29, 1.82) is 0 Å². The Kier molecular flexibility index (Phi) is 4.99. The third kappa shape index (κ3) is 3.36. The smallest absolute Gasteiger partial charge is 0.257 e. The first kappa shape index (κ1) is 14.5. The second kappa shape index (κ2) is 6.52. The molecule has 0 aliphatic carbocycles. The Morgan fingerprint density at radius 2 is 2.16 bits per heavy atom. The van der Waals surface area contributed by atoms with Gasteiger partial charge in [0.05, 0.1) is 11.8 Å². The molecule has 0 saturated carbocycles. The predicted molar refractivity (Wildman–Crippen MR) is 78.7 cm³/mol. The number of aromatic nitrogens is 2. The van der Waals surface area contributed by atoms with Crippen molar-refractivity contribution in [3.63, 3.8) is 0 Å². The van der Waals surface area contributed by atoms with Gasteiger partial charge in [0.15, 0.2) is 0 Å². The predicted octanol–water partition coefficient (Wildman–Crippen LogP) is 1.27. The Bertz CT molecular complexity index is 446. The number of aryl methyl sites for hydroxylation is 1. The van der Waals surface area contributed by atoms with Crippen molar-refractivity contribution < 1.29 is 4.79 Å². The van der Waals surface area contributed by atoms with Crippen LogP contribution in [0.2, 0.25) is 0 Å². The first-order valence-corrected chi connectivity index (χ1v) is 7.82. The quantitative estimate of drug-likeness (QED) is 0.785. The Balaban J connectivity index is 2.02. The van der Waals surface area contributed by atoms with Crippen LogP contribution in [0.4, 0.5) is 0 Å². The number of rotatable bonds is 3. The van der Waals surface area contributed by atoms with E-state index in [0.29, 0.717) is 0 Å². The molecule has 2 heterocycles. The summed E-state index contributed by atoms with van der Waals surface area (Å²) < 4.78 is 1.75. The number of alkyl halides is 1. The molecule has 1 aliphatic rings. The molecule has 0 spiro atoms. The van der Waals surface area contributed by atoms with Gasteiger partial charge in [-0.05, 0) is 19.9 Å². The van der Waals surface area contributed by atoms with Gasteiger partial charge in [0.1, 0.15) is 0 Å². The summed E-state index contributed by atoms with van der Waals surface area (Å²) in [6.45, 7) is 6.66. The Hall–Kier alpha value is -0.880. The van der Waals surface area contributed by atoms with Crippen molar-refractivity contribution in [3.8, 4) is 0 Å². The first-order chi connectivity index (χ1) is 9.13. The fraction of sp³-hybridized carbons (Fsp3) is 0.692. The molecule has 0 N–H and O–H groups in total. The highest BCUT2D eigenvalue weighted by Crippen LogP contribution is 2.12. The molecule has 0 bridgehead atoms. The van der Waals surface area contributed by atoms with Gasteiger partial charge in [-0.1, -0.05) is 15.9 Å². The van der Waals surface area contributed by atoms with E-state index in [1.807, 2.05) is 18.9 Å². The zero-order valence-corrected chi connectivity index (χ0v) is 13.2. The molecule has 2 rings (SSSR count). The Morgan fingerprint density at radius 1 is 1.37 bits per heavy atom. The highest BCUT2D eigenvalue weighted by atomic mass is 79.9. The van der Waals surface area contributed by atoms with Crippen LogP contribution in [0.15, 0.2) is 6.20 Å². The van der Waals surface area contributed by atoms with Gasteiger partial charge in [-0.15, -0.1) is 0 Å². The van der Waals surface area contributed by atoms with Gasteiger partial charge >= 0.3 is 0 Å². The van der Waals surface area contributed by atoms with Gasteiger partial charge in [-0.25, -0.2) is 0 Å². The lowest BCUT2D eigenvalue weighted by molar-refractivity contribution is 0.0761. The number of nitrogens with zero attached hydrogens (tertiary/aromatic N) is 4. The summed E-state index contributed by atoms with van der Waals surface area (Å²) in [5.41, 5.74) is 1.67. The maximum Gasteiger partial charge on any atom is 0.257 e. The standard InChI is InChI=1S/C13H21BrN4O/c1-11-12(10-15-16(11)2)13(19)18-6-3-5-17(7-4-14)8-9-18/h10H,3-9H2,1-2H3. The number of halogens is 1. The Morgan fingerprint density at radius 3 is 2.79 bits per heavy atom. The number of hydrogen-bond donors (Lipinski definition) is 0. The molecule has 0 aromatic carbocycles. The van der Waals surface area contributed by atoms with Gasteiger partial charge in [0.25, 0.3) is 5.91 Å².